The number of Topliss-reactive ketones (excluding diaryl/α,β-unsaturated/α-hetero) is 1. The van der Waals surface area contributed by atoms with E-state index in [1.807, 2.05) is 42.5 Å². The molecule has 92 valence electrons. The first kappa shape index (κ1) is 13.3. The summed E-state index contributed by atoms with van der Waals surface area (Å²) in [5.74, 6) is 0.183. The second-order valence-corrected chi connectivity index (χ2v) is 5.30. The van der Waals surface area contributed by atoms with Crippen LogP contribution in [0.5, 0.6) is 0 Å². The second kappa shape index (κ2) is 6.69. The zero-order valence-corrected chi connectivity index (χ0v) is 12.3. The van der Waals surface area contributed by atoms with Gasteiger partial charge < -0.3 is 0 Å². The van der Waals surface area contributed by atoms with Crippen molar-refractivity contribution in [3.8, 4) is 0 Å². The third-order valence-electron chi connectivity index (χ3n) is 2.87. The fourth-order valence-electron chi connectivity index (χ4n) is 1.85. The van der Waals surface area contributed by atoms with Gasteiger partial charge in [-0.05, 0) is 17.5 Å². The molecule has 2 rings (SSSR count). The summed E-state index contributed by atoms with van der Waals surface area (Å²) in [4.78, 5) is 12.1. The van der Waals surface area contributed by atoms with Gasteiger partial charge in [0.25, 0.3) is 0 Å². The molecule has 0 spiro atoms. The molecule has 2 aromatic carbocycles. The van der Waals surface area contributed by atoms with E-state index >= 15 is 0 Å². The van der Waals surface area contributed by atoms with Crippen LogP contribution in [0.4, 0.5) is 0 Å². The van der Waals surface area contributed by atoms with E-state index in [1.54, 1.807) is 0 Å². The van der Waals surface area contributed by atoms with E-state index in [2.05, 4.69) is 34.7 Å². The maximum atomic E-state index is 12.1. The Morgan fingerprint density at radius 3 is 2.17 bits per heavy atom. The van der Waals surface area contributed by atoms with E-state index in [9.17, 15) is 4.79 Å². The van der Waals surface area contributed by atoms with Crippen molar-refractivity contribution in [1.29, 1.82) is 0 Å². The van der Waals surface area contributed by atoms with Crippen LogP contribution in [-0.2, 0) is 12.8 Å². The lowest BCUT2D eigenvalue weighted by molar-refractivity contribution is 0.0993. The van der Waals surface area contributed by atoms with Crippen LogP contribution in [0, 0.1) is 0 Å². The van der Waals surface area contributed by atoms with Crippen molar-refractivity contribution in [2.75, 3.05) is 4.43 Å². The molecular formula is C16H15IO. The van der Waals surface area contributed by atoms with Gasteiger partial charge in [-0.2, -0.15) is 0 Å². The third kappa shape index (κ3) is 3.67. The Morgan fingerprint density at radius 1 is 0.889 bits per heavy atom. The summed E-state index contributed by atoms with van der Waals surface area (Å²) in [5, 5.41) is 0. The quantitative estimate of drug-likeness (QED) is 0.451. The summed E-state index contributed by atoms with van der Waals surface area (Å²) >= 11 is 2.36. The molecule has 0 saturated heterocycles. The van der Waals surface area contributed by atoms with Gasteiger partial charge in [-0.15, -0.1) is 0 Å². The molecule has 0 amide bonds. The number of hydrogen-bond donors (Lipinski definition) is 0. The summed E-state index contributed by atoms with van der Waals surface area (Å²) in [6, 6.07) is 17.9. The van der Waals surface area contributed by atoms with E-state index < -0.39 is 0 Å². The minimum absolute atomic E-state index is 0.183. The number of benzene rings is 2. The first-order valence-electron chi connectivity index (χ1n) is 6.01. The van der Waals surface area contributed by atoms with Crippen molar-refractivity contribution in [2.24, 2.45) is 0 Å². The predicted molar refractivity (Wildman–Crippen MR) is 83.5 cm³/mol. The van der Waals surface area contributed by atoms with Gasteiger partial charge in [-0.1, -0.05) is 77.2 Å². The second-order valence-electron chi connectivity index (χ2n) is 4.22. The first-order valence-corrected chi connectivity index (χ1v) is 7.54. The Morgan fingerprint density at radius 2 is 1.56 bits per heavy atom. The topological polar surface area (TPSA) is 17.1 Å². The number of hydrogen-bond acceptors (Lipinski definition) is 1. The third-order valence-corrected chi connectivity index (χ3v) is 3.41. The molecule has 2 heteroatoms. The highest BCUT2D eigenvalue weighted by Gasteiger charge is 2.06. The molecule has 0 aliphatic heterocycles. The van der Waals surface area contributed by atoms with Crippen LogP contribution in [-0.4, -0.2) is 10.2 Å². The molecular weight excluding hydrogens is 335 g/mol. The molecule has 0 bridgehead atoms. The predicted octanol–water partition coefficient (Wildman–Crippen LogP) is 4.09. The summed E-state index contributed by atoms with van der Waals surface area (Å²) in [6.45, 7) is 0. The van der Waals surface area contributed by atoms with Gasteiger partial charge in [0.15, 0.2) is 5.78 Å². The van der Waals surface area contributed by atoms with Crippen molar-refractivity contribution in [2.45, 2.75) is 12.8 Å². The van der Waals surface area contributed by atoms with E-state index in [0.717, 1.165) is 22.0 Å². The molecule has 0 aromatic heterocycles. The molecule has 0 aliphatic rings. The average molecular weight is 350 g/mol. The lowest BCUT2D eigenvalue weighted by atomic mass is 10.0. The average Bonchev–Trinajstić information content (AvgIpc) is 2.41. The highest BCUT2D eigenvalue weighted by molar-refractivity contribution is 14.1. The Bertz CT molecular complexity index is 502. The standard InChI is InChI=1S/C16H15IO/c17-11-10-13-6-8-15(9-7-13)16(18)12-14-4-2-1-3-5-14/h1-9H,10-12H2. The summed E-state index contributed by atoms with van der Waals surface area (Å²) in [7, 11) is 0. The lowest BCUT2D eigenvalue weighted by Gasteiger charge is -2.03. The van der Waals surface area contributed by atoms with Crippen molar-refractivity contribution < 1.29 is 4.79 Å². The minimum atomic E-state index is 0.183. The number of aryl methyl sites for hydroxylation is 1. The van der Waals surface area contributed by atoms with Gasteiger partial charge >= 0.3 is 0 Å². The Balaban J connectivity index is 2.05. The van der Waals surface area contributed by atoms with E-state index in [1.165, 1.54) is 5.56 Å². The van der Waals surface area contributed by atoms with E-state index in [0.29, 0.717) is 6.42 Å². The number of halogens is 1. The number of carbonyl (C=O) groups is 1. The van der Waals surface area contributed by atoms with Crippen molar-refractivity contribution in [1.82, 2.24) is 0 Å². The molecule has 2 aromatic rings. The van der Waals surface area contributed by atoms with Crippen molar-refractivity contribution in [3.63, 3.8) is 0 Å². The van der Waals surface area contributed by atoms with Gasteiger partial charge in [0.1, 0.15) is 0 Å². The molecule has 1 nitrogen and oxygen atoms in total. The zero-order valence-electron chi connectivity index (χ0n) is 10.1. The summed E-state index contributed by atoms with van der Waals surface area (Å²) in [6.07, 6.45) is 1.54. The van der Waals surface area contributed by atoms with Crippen LogP contribution >= 0.6 is 22.6 Å². The number of rotatable bonds is 5. The minimum Gasteiger partial charge on any atom is -0.294 e. The fourth-order valence-corrected chi connectivity index (χ4v) is 2.47. The maximum absolute atomic E-state index is 12.1. The molecule has 0 fully saturated rings. The zero-order chi connectivity index (χ0) is 12.8. The molecule has 0 N–H and O–H groups in total. The molecule has 0 radical (unpaired) electrons. The van der Waals surface area contributed by atoms with E-state index in [4.69, 9.17) is 0 Å². The van der Waals surface area contributed by atoms with Crippen LogP contribution < -0.4 is 0 Å². The molecule has 0 heterocycles. The van der Waals surface area contributed by atoms with Gasteiger partial charge in [-0.25, -0.2) is 0 Å². The molecule has 0 aliphatic carbocycles. The van der Waals surface area contributed by atoms with Crippen LogP contribution in [0.3, 0.4) is 0 Å². The molecule has 18 heavy (non-hydrogen) atoms. The van der Waals surface area contributed by atoms with Crippen LogP contribution in [0.2, 0.25) is 0 Å². The normalized spacial score (nSPS) is 10.3. The van der Waals surface area contributed by atoms with Gasteiger partial charge in [0.05, 0.1) is 0 Å². The SMILES string of the molecule is O=C(Cc1ccccc1)c1ccc(CCI)cc1. The number of ketones is 1. The van der Waals surface area contributed by atoms with Crippen LogP contribution in [0.15, 0.2) is 54.6 Å². The highest BCUT2D eigenvalue weighted by atomic mass is 127. The number of carbonyl (C=O) groups excluding carboxylic acids is 1. The molecule has 0 unspecified atom stereocenters. The summed E-state index contributed by atoms with van der Waals surface area (Å²) < 4.78 is 1.11. The van der Waals surface area contributed by atoms with Gasteiger partial charge in [0.2, 0.25) is 0 Å². The largest absolute Gasteiger partial charge is 0.294 e. The van der Waals surface area contributed by atoms with Crippen molar-refractivity contribution >= 4 is 28.4 Å². The monoisotopic (exact) mass is 350 g/mol. The molecule has 0 atom stereocenters. The van der Waals surface area contributed by atoms with Gasteiger partial charge in [0, 0.05) is 16.4 Å². The van der Waals surface area contributed by atoms with Crippen LogP contribution in [0.1, 0.15) is 21.5 Å². The lowest BCUT2D eigenvalue weighted by Crippen LogP contribution is -2.03. The Kier molecular flexibility index (Phi) is 4.93. The highest BCUT2D eigenvalue weighted by Crippen LogP contribution is 2.10. The smallest absolute Gasteiger partial charge is 0.167 e. The van der Waals surface area contributed by atoms with Crippen molar-refractivity contribution in [3.05, 3.63) is 71.3 Å². The van der Waals surface area contributed by atoms with Crippen LogP contribution in [0.25, 0.3) is 0 Å². The fraction of sp³-hybridized carbons (Fsp3) is 0.188. The maximum Gasteiger partial charge on any atom is 0.167 e. The van der Waals surface area contributed by atoms with E-state index in [-0.39, 0.29) is 5.78 Å². The Labute approximate surface area is 121 Å². The summed E-state index contributed by atoms with van der Waals surface area (Å²) in [5.41, 5.74) is 3.16. The van der Waals surface area contributed by atoms with Gasteiger partial charge in [-0.3, -0.25) is 4.79 Å². The number of alkyl halides is 1. The molecule has 0 saturated carbocycles. The first-order chi connectivity index (χ1) is 8.79. The Hall–Kier alpha value is -1.16.